The highest BCUT2D eigenvalue weighted by atomic mass is 19.3. The topological polar surface area (TPSA) is 48.9 Å². The molecule has 2 aromatic rings. The van der Waals surface area contributed by atoms with E-state index in [9.17, 15) is 8.78 Å². The Kier molecular flexibility index (Phi) is 7.44. The number of anilines is 1. The van der Waals surface area contributed by atoms with Crippen LogP contribution in [0.3, 0.4) is 0 Å². The number of nitrogens with zero attached hydrogens (tertiary/aromatic N) is 2. The zero-order valence-corrected chi connectivity index (χ0v) is 16.4. The number of alkyl halides is 2. The van der Waals surface area contributed by atoms with Crippen LogP contribution in [-0.2, 0) is 13.1 Å². The van der Waals surface area contributed by atoms with Crippen molar-refractivity contribution in [3.8, 4) is 5.75 Å². The van der Waals surface area contributed by atoms with Gasteiger partial charge in [0, 0.05) is 37.4 Å². The van der Waals surface area contributed by atoms with Gasteiger partial charge in [0.15, 0.2) is 5.96 Å². The van der Waals surface area contributed by atoms with Crippen molar-refractivity contribution >= 4 is 11.6 Å². The molecule has 1 aliphatic heterocycles. The third kappa shape index (κ3) is 6.20. The lowest BCUT2D eigenvalue weighted by molar-refractivity contribution is -0.0504. The van der Waals surface area contributed by atoms with Gasteiger partial charge in [-0.2, -0.15) is 8.78 Å². The van der Waals surface area contributed by atoms with E-state index in [-0.39, 0.29) is 5.75 Å². The van der Waals surface area contributed by atoms with Crippen LogP contribution in [-0.4, -0.2) is 32.2 Å². The van der Waals surface area contributed by atoms with Gasteiger partial charge in [-0.15, -0.1) is 0 Å². The molecule has 0 unspecified atom stereocenters. The highest BCUT2D eigenvalue weighted by Gasteiger charge is 2.10. The van der Waals surface area contributed by atoms with Crippen LogP contribution in [0.5, 0.6) is 5.75 Å². The number of benzene rings is 2. The minimum Gasteiger partial charge on any atom is -0.434 e. The summed E-state index contributed by atoms with van der Waals surface area (Å²) in [5, 5.41) is 6.35. The summed E-state index contributed by atoms with van der Waals surface area (Å²) in [5.41, 5.74) is 2.94. The Morgan fingerprint density at radius 1 is 1.07 bits per heavy atom. The van der Waals surface area contributed by atoms with Gasteiger partial charge in [0.05, 0.1) is 6.54 Å². The zero-order valence-electron chi connectivity index (χ0n) is 16.4. The highest BCUT2D eigenvalue weighted by Crippen LogP contribution is 2.20. The average molecular weight is 400 g/mol. The molecule has 0 atom stereocenters. The third-order valence-electron chi connectivity index (χ3n) is 4.52. The normalized spacial score (nSPS) is 13.8. The Hall–Kier alpha value is -3.09. The largest absolute Gasteiger partial charge is 0.434 e. The molecule has 0 aromatic heterocycles. The lowest BCUT2D eigenvalue weighted by Crippen LogP contribution is -2.36. The van der Waals surface area contributed by atoms with E-state index in [2.05, 4.69) is 61.7 Å². The van der Waals surface area contributed by atoms with Crippen molar-refractivity contribution in [3.63, 3.8) is 0 Å². The standard InChI is InChI=1S/C22H26F2N4O/c1-2-25-22(27-16-18-7-3-4-8-20(18)29-21(23)24)26-15-17-9-11-19(12-10-17)28-13-5-6-14-28/h3-12,21H,2,13-16H2,1H3,(H2,25,26,27). The summed E-state index contributed by atoms with van der Waals surface area (Å²) >= 11 is 0. The Morgan fingerprint density at radius 2 is 1.79 bits per heavy atom. The minimum absolute atomic E-state index is 0.165. The van der Waals surface area contributed by atoms with Crippen LogP contribution in [0.25, 0.3) is 0 Å². The van der Waals surface area contributed by atoms with Crippen LogP contribution in [0.15, 0.2) is 65.7 Å². The second-order valence-corrected chi connectivity index (χ2v) is 6.58. The molecule has 2 aromatic carbocycles. The van der Waals surface area contributed by atoms with Crippen LogP contribution >= 0.6 is 0 Å². The summed E-state index contributed by atoms with van der Waals surface area (Å²) in [4.78, 5) is 6.89. The van der Waals surface area contributed by atoms with Crippen molar-refractivity contribution in [1.29, 1.82) is 0 Å². The van der Waals surface area contributed by atoms with Crippen molar-refractivity contribution in [2.24, 2.45) is 4.99 Å². The Morgan fingerprint density at radius 3 is 2.48 bits per heavy atom. The van der Waals surface area contributed by atoms with E-state index in [0.29, 0.717) is 31.2 Å². The van der Waals surface area contributed by atoms with Crippen molar-refractivity contribution in [2.45, 2.75) is 26.6 Å². The van der Waals surface area contributed by atoms with E-state index in [1.165, 1.54) is 11.8 Å². The van der Waals surface area contributed by atoms with Gasteiger partial charge >= 0.3 is 6.61 Å². The zero-order chi connectivity index (χ0) is 20.5. The number of para-hydroxylation sites is 1. The highest BCUT2D eigenvalue weighted by molar-refractivity contribution is 5.79. The van der Waals surface area contributed by atoms with Gasteiger partial charge in [0.25, 0.3) is 0 Å². The van der Waals surface area contributed by atoms with Crippen LogP contribution in [0, 0.1) is 0 Å². The quantitative estimate of drug-likeness (QED) is 0.401. The number of nitrogens with one attached hydrogen (secondary N) is 2. The first-order valence-corrected chi connectivity index (χ1v) is 9.69. The number of guanidine groups is 1. The molecule has 3 rings (SSSR count). The summed E-state index contributed by atoms with van der Waals surface area (Å²) < 4.78 is 29.7. The molecule has 154 valence electrons. The molecule has 5 nitrogen and oxygen atoms in total. The van der Waals surface area contributed by atoms with Gasteiger partial charge in [-0.25, -0.2) is 4.99 Å². The molecular weight excluding hydrogens is 374 g/mol. The van der Waals surface area contributed by atoms with Gasteiger partial charge in [-0.05, 0) is 30.7 Å². The summed E-state index contributed by atoms with van der Waals surface area (Å²) in [5.74, 6) is 0.782. The molecule has 2 N–H and O–H groups in total. The molecule has 7 heteroatoms. The molecule has 0 amide bonds. The number of hydrogen-bond acceptors (Lipinski definition) is 3. The molecular formula is C22H26F2N4O. The van der Waals surface area contributed by atoms with Crippen molar-refractivity contribution in [2.75, 3.05) is 24.5 Å². The second kappa shape index (κ2) is 10.5. The predicted octanol–water partition coefficient (Wildman–Crippen LogP) is 3.92. The molecule has 1 heterocycles. The molecule has 0 bridgehead atoms. The number of halogens is 2. The van der Waals surface area contributed by atoms with E-state index in [4.69, 9.17) is 0 Å². The minimum atomic E-state index is -2.85. The van der Waals surface area contributed by atoms with E-state index in [1.54, 1.807) is 18.2 Å². The molecule has 0 radical (unpaired) electrons. The SMILES string of the molecule is CCNC(=NCc1ccc(N2CC=CC2)cc1)NCc1ccccc1OC(F)F. The van der Waals surface area contributed by atoms with Gasteiger partial charge in [0.2, 0.25) is 0 Å². The first-order chi connectivity index (χ1) is 14.2. The predicted molar refractivity (Wildman–Crippen MR) is 113 cm³/mol. The maximum atomic E-state index is 12.6. The molecule has 1 aliphatic rings. The Bertz CT molecular complexity index is 829. The fraction of sp³-hybridized carbons (Fsp3) is 0.318. The van der Waals surface area contributed by atoms with E-state index in [1.807, 2.05) is 6.92 Å². The summed E-state index contributed by atoms with van der Waals surface area (Å²) in [6.07, 6.45) is 4.33. The number of aliphatic imine (C=N–C) groups is 1. The summed E-state index contributed by atoms with van der Waals surface area (Å²) in [6.45, 7) is 2.56. The average Bonchev–Trinajstić information content (AvgIpc) is 3.26. The summed E-state index contributed by atoms with van der Waals surface area (Å²) in [6, 6.07) is 15.1. The van der Waals surface area contributed by atoms with Crippen molar-refractivity contribution < 1.29 is 13.5 Å². The number of ether oxygens (including phenoxy) is 1. The van der Waals surface area contributed by atoms with E-state index < -0.39 is 6.61 Å². The lowest BCUT2D eigenvalue weighted by Gasteiger charge is -2.17. The molecule has 0 saturated heterocycles. The monoisotopic (exact) mass is 400 g/mol. The molecule has 29 heavy (non-hydrogen) atoms. The van der Waals surface area contributed by atoms with Crippen molar-refractivity contribution in [1.82, 2.24) is 10.6 Å². The maximum Gasteiger partial charge on any atom is 0.387 e. The van der Waals surface area contributed by atoms with Gasteiger partial charge in [-0.3, -0.25) is 0 Å². The Labute approximate surface area is 170 Å². The lowest BCUT2D eigenvalue weighted by atomic mass is 10.2. The van der Waals surface area contributed by atoms with Crippen LogP contribution in [0.1, 0.15) is 18.1 Å². The van der Waals surface area contributed by atoms with Gasteiger partial charge in [0.1, 0.15) is 5.75 Å². The second-order valence-electron chi connectivity index (χ2n) is 6.58. The van der Waals surface area contributed by atoms with Gasteiger partial charge in [-0.1, -0.05) is 42.5 Å². The van der Waals surface area contributed by atoms with Crippen LogP contribution in [0.4, 0.5) is 14.5 Å². The molecule has 0 fully saturated rings. The molecule has 0 aliphatic carbocycles. The maximum absolute atomic E-state index is 12.6. The summed E-state index contributed by atoms with van der Waals surface area (Å²) in [7, 11) is 0. The first-order valence-electron chi connectivity index (χ1n) is 9.69. The number of hydrogen-bond donors (Lipinski definition) is 2. The van der Waals surface area contributed by atoms with E-state index >= 15 is 0 Å². The molecule has 0 spiro atoms. The smallest absolute Gasteiger partial charge is 0.387 e. The fourth-order valence-corrected chi connectivity index (χ4v) is 3.05. The Balaban J connectivity index is 1.60. The van der Waals surface area contributed by atoms with Crippen molar-refractivity contribution in [3.05, 3.63) is 71.8 Å². The number of rotatable bonds is 8. The van der Waals surface area contributed by atoms with E-state index in [0.717, 1.165) is 18.7 Å². The molecule has 0 saturated carbocycles. The van der Waals surface area contributed by atoms with Gasteiger partial charge < -0.3 is 20.3 Å². The van der Waals surface area contributed by atoms with Crippen LogP contribution < -0.4 is 20.3 Å². The fourth-order valence-electron chi connectivity index (χ4n) is 3.05. The van der Waals surface area contributed by atoms with Crippen LogP contribution in [0.2, 0.25) is 0 Å². The first kappa shape index (κ1) is 20.6. The third-order valence-corrected chi connectivity index (χ3v) is 4.52.